The van der Waals surface area contributed by atoms with Crippen molar-refractivity contribution in [2.45, 2.75) is 26.7 Å². The quantitative estimate of drug-likeness (QED) is 0.664. The van der Waals surface area contributed by atoms with Crippen LogP contribution >= 0.6 is 0 Å². The van der Waals surface area contributed by atoms with Crippen molar-refractivity contribution in [1.29, 1.82) is 0 Å². The molecule has 2 aromatic carbocycles. The maximum Gasteiger partial charge on any atom is 0.338 e. The molecule has 0 aliphatic rings. The molecule has 0 N–H and O–H groups in total. The molecule has 4 heteroatoms. The predicted molar refractivity (Wildman–Crippen MR) is 96.5 cm³/mol. The van der Waals surface area contributed by atoms with E-state index in [1.807, 2.05) is 36.4 Å². The number of carbonyl (C=O) groups is 2. The van der Waals surface area contributed by atoms with Crippen LogP contribution in [0.15, 0.2) is 60.7 Å². The monoisotopic (exact) mass is 340 g/mol. The van der Waals surface area contributed by atoms with E-state index in [4.69, 9.17) is 9.47 Å². The van der Waals surface area contributed by atoms with Crippen molar-refractivity contribution in [2.24, 2.45) is 5.41 Å². The van der Waals surface area contributed by atoms with Gasteiger partial charge in [0.05, 0.1) is 24.3 Å². The molecule has 25 heavy (non-hydrogen) atoms. The van der Waals surface area contributed by atoms with E-state index < -0.39 is 0 Å². The second kappa shape index (κ2) is 9.02. The first-order chi connectivity index (χ1) is 12.0. The first kappa shape index (κ1) is 18.7. The molecule has 0 aromatic heterocycles. The van der Waals surface area contributed by atoms with Crippen molar-refractivity contribution in [3.63, 3.8) is 0 Å². The first-order valence-corrected chi connectivity index (χ1v) is 8.42. The Morgan fingerprint density at radius 3 is 1.44 bits per heavy atom. The molecule has 0 aliphatic carbocycles. The molecule has 0 radical (unpaired) electrons. The van der Waals surface area contributed by atoms with Gasteiger partial charge in [0.2, 0.25) is 0 Å². The number of carbonyl (C=O) groups excluding carboxylic acids is 2. The Morgan fingerprint density at radius 2 is 1.08 bits per heavy atom. The van der Waals surface area contributed by atoms with Crippen LogP contribution in [0.4, 0.5) is 0 Å². The van der Waals surface area contributed by atoms with E-state index in [9.17, 15) is 9.59 Å². The fourth-order valence-corrected chi connectivity index (χ4v) is 2.28. The predicted octanol–water partition coefficient (Wildman–Crippen LogP) is 4.51. The summed E-state index contributed by atoms with van der Waals surface area (Å²) >= 11 is 0. The van der Waals surface area contributed by atoms with Crippen molar-refractivity contribution in [1.82, 2.24) is 0 Å². The number of rotatable bonds is 8. The fourth-order valence-electron chi connectivity index (χ4n) is 2.28. The molecule has 0 aliphatic heterocycles. The van der Waals surface area contributed by atoms with Crippen molar-refractivity contribution >= 4 is 11.9 Å². The maximum absolute atomic E-state index is 11.9. The van der Waals surface area contributed by atoms with Gasteiger partial charge < -0.3 is 9.47 Å². The summed E-state index contributed by atoms with van der Waals surface area (Å²) in [5.74, 6) is -0.626. The van der Waals surface area contributed by atoms with Crippen LogP contribution in [-0.4, -0.2) is 25.2 Å². The Kier molecular flexibility index (Phi) is 6.75. The molecule has 4 nitrogen and oxygen atoms in total. The third-order valence-electron chi connectivity index (χ3n) is 4.04. The van der Waals surface area contributed by atoms with E-state index in [2.05, 4.69) is 13.8 Å². The summed E-state index contributed by atoms with van der Waals surface area (Å²) in [7, 11) is 0. The minimum Gasteiger partial charge on any atom is -0.462 e. The summed E-state index contributed by atoms with van der Waals surface area (Å²) in [4.78, 5) is 23.8. The molecule has 0 saturated carbocycles. The van der Waals surface area contributed by atoms with Crippen LogP contribution in [0, 0.1) is 5.41 Å². The number of benzene rings is 2. The van der Waals surface area contributed by atoms with Gasteiger partial charge in [-0.05, 0) is 42.5 Å². The molecule has 0 fully saturated rings. The van der Waals surface area contributed by atoms with Crippen molar-refractivity contribution in [3.05, 3.63) is 71.8 Å². The molecule has 2 aromatic rings. The van der Waals surface area contributed by atoms with E-state index in [0.717, 1.165) is 0 Å². The lowest BCUT2D eigenvalue weighted by atomic mass is 9.86. The topological polar surface area (TPSA) is 52.6 Å². The number of hydrogen-bond donors (Lipinski definition) is 0. The molecule has 0 saturated heterocycles. The SMILES string of the molecule is CC(C)(CCOC(=O)c1ccccc1)CCOC(=O)c1ccccc1. The summed E-state index contributed by atoms with van der Waals surface area (Å²) in [5, 5.41) is 0. The second-order valence-corrected chi connectivity index (χ2v) is 6.67. The van der Waals surface area contributed by atoms with E-state index >= 15 is 0 Å². The van der Waals surface area contributed by atoms with Crippen LogP contribution in [-0.2, 0) is 9.47 Å². The number of esters is 2. The third kappa shape index (κ3) is 6.42. The lowest BCUT2D eigenvalue weighted by molar-refractivity contribution is 0.0389. The highest BCUT2D eigenvalue weighted by atomic mass is 16.5. The Bertz CT molecular complexity index is 618. The van der Waals surface area contributed by atoms with Crippen LogP contribution in [0.1, 0.15) is 47.4 Å². The van der Waals surface area contributed by atoms with E-state index in [1.165, 1.54) is 0 Å². The van der Waals surface area contributed by atoms with Crippen LogP contribution in [0.5, 0.6) is 0 Å². The van der Waals surface area contributed by atoms with Crippen LogP contribution in [0.3, 0.4) is 0 Å². The lowest BCUT2D eigenvalue weighted by Gasteiger charge is -2.24. The Hall–Kier alpha value is -2.62. The van der Waals surface area contributed by atoms with Crippen molar-refractivity contribution < 1.29 is 19.1 Å². The zero-order valence-electron chi connectivity index (χ0n) is 14.7. The molecular formula is C21H24O4. The van der Waals surface area contributed by atoms with Crippen LogP contribution in [0.2, 0.25) is 0 Å². The van der Waals surface area contributed by atoms with Crippen molar-refractivity contribution in [2.75, 3.05) is 13.2 Å². The van der Waals surface area contributed by atoms with Gasteiger partial charge in [-0.2, -0.15) is 0 Å². The van der Waals surface area contributed by atoms with Gasteiger partial charge in [0.1, 0.15) is 0 Å². The summed E-state index contributed by atoms with van der Waals surface area (Å²) in [6.45, 7) is 4.82. The van der Waals surface area contributed by atoms with Gasteiger partial charge in [0.25, 0.3) is 0 Å². The highest BCUT2D eigenvalue weighted by molar-refractivity contribution is 5.89. The minimum atomic E-state index is -0.313. The van der Waals surface area contributed by atoms with Gasteiger partial charge in [-0.15, -0.1) is 0 Å². The van der Waals surface area contributed by atoms with Gasteiger partial charge >= 0.3 is 11.9 Å². The van der Waals surface area contributed by atoms with E-state index in [-0.39, 0.29) is 17.4 Å². The van der Waals surface area contributed by atoms with Gasteiger partial charge in [-0.25, -0.2) is 9.59 Å². The van der Waals surface area contributed by atoms with Crippen molar-refractivity contribution in [3.8, 4) is 0 Å². The molecule has 0 atom stereocenters. The van der Waals surface area contributed by atoms with E-state index in [1.54, 1.807) is 24.3 Å². The maximum atomic E-state index is 11.9. The molecule has 0 heterocycles. The zero-order chi connectivity index (χ0) is 18.1. The highest BCUT2D eigenvalue weighted by Crippen LogP contribution is 2.25. The summed E-state index contributed by atoms with van der Waals surface area (Å²) in [6.07, 6.45) is 1.41. The average molecular weight is 340 g/mol. The summed E-state index contributed by atoms with van der Waals surface area (Å²) in [6, 6.07) is 17.9. The molecular weight excluding hydrogens is 316 g/mol. The van der Waals surface area contributed by atoms with Gasteiger partial charge in [-0.1, -0.05) is 50.2 Å². The average Bonchev–Trinajstić information content (AvgIpc) is 2.62. The van der Waals surface area contributed by atoms with Gasteiger partial charge in [0.15, 0.2) is 0 Å². The summed E-state index contributed by atoms with van der Waals surface area (Å²) < 4.78 is 10.6. The number of ether oxygens (including phenoxy) is 2. The zero-order valence-corrected chi connectivity index (χ0v) is 14.7. The second-order valence-electron chi connectivity index (χ2n) is 6.67. The largest absolute Gasteiger partial charge is 0.462 e. The Labute approximate surface area is 148 Å². The lowest BCUT2D eigenvalue weighted by Crippen LogP contribution is -2.20. The normalized spacial score (nSPS) is 11.0. The Morgan fingerprint density at radius 1 is 0.720 bits per heavy atom. The first-order valence-electron chi connectivity index (χ1n) is 8.42. The molecule has 2 rings (SSSR count). The smallest absolute Gasteiger partial charge is 0.338 e. The standard InChI is InChI=1S/C21H24O4/c1-21(2,13-15-24-19(22)17-9-5-3-6-10-17)14-16-25-20(23)18-11-7-4-8-12-18/h3-12H,13-16H2,1-2H3. The van der Waals surface area contributed by atoms with Crippen LogP contribution in [0.25, 0.3) is 0 Å². The summed E-state index contributed by atoms with van der Waals surface area (Å²) in [5.41, 5.74) is 1.02. The number of hydrogen-bond acceptors (Lipinski definition) is 4. The van der Waals surface area contributed by atoms with Gasteiger partial charge in [0, 0.05) is 0 Å². The Balaban J connectivity index is 1.69. The molecule has 132 valence electrons. The molecule has 0 unspecified atom stereocenters. The molecule has 0 bridgehead atoms. The van der Waals surface area contributed by atoms with Gasteiger partial charge in [-0.3, -0.25) is 0 Å². The molecule has 0 amide bonds. The molecule has 0 spiro atoms. The van der Waals surface area contributed by atoms with Crippen LogP contribution < -0.4 is 0 Å². The fraction of sp³-hybridized carbons (Fsp3) is 0.333. The highest BCUT2D eigenvalue weighted by Gasteiger charge is 2.20. The minimum absolute atomic E-state index is 0.0893. The third-order valence-corrected chi connectivity index (χ3v) is 4.04. The van der Waals surface area contributed by atoms with E-state index in [0.29, 0.717) is 37.2 Å².